The summed E-state index contributed by atoms with van der Waals surface area (Å²) in [5, 5.41) is 3.66. The number of hydrogen-bond donors (Lipinski definition) is 1. The molecule has 1 rings (SSSR count). The summed E-state index contributed by atoms with van der Waals surface area (Å²) in [6.07, 6.45) is 0. The van der Waals surface area contributed by atoms with Crippen LogP contribution in [0, 0.1) is 5.53 Å². The Kier molecular flexibility index (Phi) is 4.73. The van der Waals surface area contributed by atoms with Crippen molar-refractivity contribution < 1.29 is 0 Å². The second kappa shape index (κ2) is 5.86. The second-order valence-electron chi connectivity index (χ2n) is 3.94. The van der Waals surface area contributed by atoms with Crippen LogP contribution in [-0.2, 0) is 0 Å². The van der Waals surface area contributed by atoms with Gasteiger partial charge < -0.3 is 0 Å². The molecule has 0 aromatic carbocycles. The van der Waals surface area contributed by atoms with Crippen molar-refractivity contribution in [1.29, 1.82) is 5.53 Å². The van der Waals surface area contributed by atoms with Crippen molar-refractivity contribution in [2.45, 2.75) is 19.9 Å². The van der Waals surface area contributed by atoms with Crippen molar-refractivity contribution in [2.75, 3.05) is 39.3 Å². The molecule has 1 N–H and O–H groups in total. The van der Waals surface area contributed by atoms with Crippen molar-refractivity contribution >= 4 is 0 Å². The van der Waals surface area contributed by atoms with E-state index in [0.29, 0.717) is 12.6 Å². The van der Waals surface area contributed by atoms with E-state index in [9.17, 15) is 0 Å². The molecule has 80 valence electrons. The lowest BCUT2D eigenvalue weighted by molar-refractivity contribution is 0.110. The number of nitrogens with zero attached hydrogens (tertiary/aromatic N) is 4. The molecule has 1 aliphatic rings. The second-order valence-corrected chi connectivity index (χ2v) is 3.94. The molecule has 0 saturated carbocycles. The van der Waals surface area contributed by atoms with Gasteiger partial charge in [-0.3, -0.25) is 9.80 Å². The largest absolute Gasteiger partial charge is 0.299 e. The first-order valence-electron chi connectivity index (χ1n) is 5.23. The van der Waals surface area contributed by atoms with Crippen molar-refractivity contribution in [3.05, 3.63) is 0 Å². The van der Waals surface area contributed by atoms with Gasteiger partial charge in [0.2, 0.25) is 4.91 Å². The molecule has 14 heavy (non-hydrogen) atoms. The zero-order valence-corrected chi connectivity index (χ0v) is 9.11. The van der Waals surface area contributed by atoms with Gasteiger partial charge >= 0.3 is 0 Å². The molecule has 0 aromatic rings. The Labute approximate surface area is 85.3 Å². The Balaban J connectivity index is 2.18. The van der Waals surface area contributed by atoms with E-state index in [4.69, 9.17) is 5.53 Å². The normalized spacial score (nSPS) is 19.6. The topological polar surface area (TPSA) is 56.8 Å². The highest BCUT2D eigenvalue weighted by Gasteiger charge is 2.18. The van der Waals surface area contributed by atoms with Gasteiger partial charge in [-0.2, -0.15) is 0 Å². The zero-order chi connectivity index (χ0) is 10.4. The molecule has 0 amide bonds. The van der Waals surface area contributed by atoms with E-state index in [1.165, 1.54) is 0 Å². The highest BCUT2D eigenvalue weighted by atomic mass is 15.3. The lowest BCUT2D eigenvalue weighted by atomic mass is 10.2. The van der Waals surface area contributed by atoms with Gasteiger partial charge in [-0.15, -0.1) is 0 Å². The van der Waals surface area contributed by atoms with Gasteiger partial charge in [-0.05, 0) is 13.8 Å². The monoisotopic (exact) mass is 198 g/mol. The van der Waals surface area contributed by atoms with Crippen LogP contribution in [0.15, 0.2) is 5.11 Å². The minimum atomic E-state index is 0.657. The summed E-state index contributed by atoms with van der Waals surface area (Å²) in [5.41, 5.74) is 6.54. The number of hydrogen-bond acceptors (Lipinski definition) is 4. The van der Waals surface area contributed by atoms with Gasteiger partial charge in [0.05, 0.1) is 0 Å². The summed E-state index contributed by atoms with van der Waals surface area (Å²) >= 11 is 0. The lowest BCUT2D eigenvalue weighted by Crippen LogP contribution is -2.49. The number of piperazine rings is 1. The minimum Gasteiger partial charge on any atom is -0.299 e. The fraction of sp³-hybridized carbons (Fsp3) is 1.00. The third-order valence-corrected chi connectivity index (χ3v) is 2.72. The molecule has 1 heterocycles. The molecule has 1 saturated heterocycles. The maximum absolute atomic E-state index is 6.54. The number of rotatable bonds is 4. The van der Waals surface area contributed by atoms with E-state index in [2.05, 4.69) is 33.7 Å². The molecule has 0 atom stereocenters. The summed E-state index contributed by atoms with van der Waals surface area (Å²) in [4.78, 5) is 7.87. The summed E-state index contributed by atoms with van der Waals surface area (Å²) in [6.45, 7) is 10.6. The molecule has 1 fully saturated rings. The third-order valence-electron chi connectivity index (χ3n) is 2.72. The predicted octanol–water partition coefficient (Wildman–Crippen LogP) is 0.563. The zero-order valence-electron chi connectivity index (χ0n) is 9.11. The van der Waals surface area contributed by atoms with Gasteiger partial charge in [-0.25, -0.2) is 0 Å². The average Bonchev–Trinajstić information content (AvgIpc) is 2.19. The first-order chi connectivity index (χ1) is 6.74. The minimum absolute atomic E-state index is 0.657. The molecule has 0 bridgehead atoms. The van der Waals surface area contributed by atoms with Crippen LogP contribution in [0.1, 0.15) is 13.8 Å². The molecular weight excluding hydrogens is 178 g/mol. The smallest absolute Gasteiger partial charge is 0.214 e. The molecule has 5 heteroatoms. The summed E-state index contributed by atoms with van der Waals surface area (Å²) in [7, 11) is 0. The molecular formula is C9H20N5+. The highest BCUT2D eigenvalue weighted by Crippen LogP contribution is 2.04. The Morgan fingerprint density at radius 2 is 1.93 bits per heavy atom. The summed E-state index contributed by atoms with van der Waals surface area (Å²) in [6, 6.07) is 0.657. The lowest BCUT2D eigenvalue weighted by Gasteiger charge is -2.36. The third kappa shape index (κ3) is 3.54. The van der Waals surface area contributed by atoms with Crippen molar-refractivity contribution in [2.24, 2.45) is 5.11 Å². The summed E-state index contributed by atoms with van der Waals surface area (Å²) < 4.78 is 0. The van der Waals surface area contributed by atoms with Crippen molar-refractivity contribution in [3.8, 4) is 0 Å². The first kappa shape index (κ1) is 11.3. The fourth-order valence-corrected chi connectivity index (χ4v) is 1.74. The van der Waals surface area contributed by atoms with E-state index < -0.39 is 0 Å². The van der Waals surface area contributed by atoms with Gasteiger partial charge in [0.15, 0.2) is 0 Å². The van der Waals surface area contributed by atoms with Crippen LogP contribution in [0.25, 0.3) is 0 Å². The van der Waals surface area contributed by atoms with Gasteiger partial charge in [0.25, 0.3) is 0 Å². The Bertz CT molecular complexity index is 201. The molecule has 0 aliphatic carbocycles. The molecule has 5 nitrogen and oxygen atoms in total. The predicted molar refractivity (Wildman–Crippen MR) is 55.3 cm³/mol. The van der Waals surface area contributed by atoms with Crippen LogP contribution in [0.2, 0.25) is 0 Å². The van der Waals surface area contributed by atoms with E-state index in [1.807, 2.05) is 0 Å². The van der Waals surface area contributed by atoms with Crippen LogP contribution in [0.4, 0.5) is 0 Å². The van der Waals surface area contributed by atoms with Gasteiger partial charge in [0.1, 0.15) is 17.2 Å². The Hall–Kier alpha value is -0.770. The van der Waals surface area contributed by atoms with E-state index in [0.717, 1.165) is 32.7 Å². The SMILES string of the molecule is CC(C)N1CCN(CCN=[N+]=N)CC1. The maximum atomic E-state index is 6.54. The van der Waals surface area contributed by atoms with E-state index >= 15 is 0 Å². The van der Waals surface area contributed by atoms with Gasteiger partial charge in [-0.1, -0.05) is 0 Å². The molecule has 0 spiro atoms. The molecule has 0 unspecified atom stereocenters. The quantitative estimate of drug-likeness (QED) is 0.530. The Morgan fingerprint density at radius 1 is 1.29 bits per heavy atom. The van der Waals surface area contributed by atoms with Crippen molar-refractivity contribution in [1.82, 2.24) is 14.7 Å². The van der Waals surface area contributed by atoms with E-state index in [-0.39, 0.29) is 0 Å². The van der Waals surface area contributed by atoms with Crippen LogP contribution >= 0.6 is 0 Å². The van der Waals surface area contributed by atoms with Crippen LogP contribution < -0.4 is 4.91 Å². The maximum Gasteiger partial charge on any atom is 0.214 e. The van der Waals surface area contributed by atoms with Crippen LogP contribution in [0.3, 0.4) is 0 Å². The number of nitrogens with one attached hydrogen (secondary N) is 1. The summed E-state index contributed by atoms with van der Waals surface area (Å²) in [5.74, 6) is 0. The standard InChI is InChI=1S/C9H20N5/c1-9(2)14-7-5-13(6-8-14)4-3-11-12-10/h9-10H,3-8H2,1-2H3/q+1. The highest BCUT2D eigenvalue weighted by molar-refractivity contribution is 4.74. The van der Waals surface area contributed by atoms with E-state index in [1.54, 1.807) is 0 Å². The molecule has 1 aliphatic heterocycles. The fourth-order valence-electron chi connectivity index (χ4n) is 1.74. The first-order valence-corrected chi connectivity index (χ1v) is 5.23. The van der Waals surface area contributed by atoms with Gasteiger partial charge in [0, 0.05) is 38.8 Å². The average molecular weight is 198 g/mol. The Morgan fingerprint density at radius 3 is 2.43 bits per heavy atom. The van der Waals surface area contributed by atoms with Crippen LogP contribution in [0.5, 0.6) is 0 Å². The molecule has 0 radical (unpaired) electrons. The molecule has 0 aromatic heterocycles. The van der Waals surface area contributed by atoms with Crippen molar-refractivity contribution in [3.63, 3.8) is 0 Å². The van der Waals surface area contributed by atoms with Crippen LogP contribution in [-0.4, -0.2) is 55.1 Å².